The first-order valence-electron chi connectivity index (χ1n) is 8.44. The van der Waals surface area contributed by atoms with Gasteiger partial charge in [0, 0.05) is 14.0 Å². The fourth-order valence-electron chi connectivity index (χ4n) is 3.05. The molecule has 0 aromatic heterocycles. The maximum Gasteiger partial charge on any atom is 0.217 e. The fraction of sp³-hybridized carbons (Fsp3) is 0.933. The van der Waals surface area contributed by atoms with Crippen LogP contribution in [0.5, 0.6) is 0 Å². The molecule has 0 unspecified atom stereocenters. The van der Waals surface area contributed by atoms with Gasteiger partial charge in [-0.3, -0.25) is 4.79 Å². The Morgan fingerprint density at radius 3 is 2.07 bits per heavy atom. The summed E-state index contributed by atoms with van der Waals surface area (Å²) in [4.78, 5) is 11.4. The third-order valence-corrected chi connectivity index (χ3v) is 4.58. The number of rotatable bonds is 6. The van der Waals surface area contributed by atoms with Crippen molar-refractivity contribution in [3.63, 3.8) is 0 Å². The van der Waals surface area contributed by atoms with E-state index in [-0.39, 0.29) is 6.61 Å². The van der Waals surface area contributed by atoms with Gasteiger partial charge in [0.25, 0.3) is 0 Å². The Labute approximate surface area is 155 Å². The van der Waals surface area contributed by atoms with Crippen molar-refractivity contribution in [2.24, 2.45) is 0 Å². The largest absolute Gasteiger partial charge is 0.394 e. The lowest BCUT2D eigenvalue weighted by atomic mass is 9.96. The average molecular weight is 397 g/mol. The van der Waals surface area contributed by atoms with E-state index in [4.69, 9.17) is 18.9 Å². The molecule has 27 heavy (non-hydrogen) atoms. The number of amides is 1. The molecule has 12 nitrogen and oxygen atoms in total. The first kappa shape index (κ1) is 22.4. The average Bonchev–Trinajstić information content (AvgIpc) is 2.64. The van der Waals surface area contributed by atoms with E-state index in [9.17, 15) is 35.4 Å². The summed E-state index contributed by atoms with van der Waals surface area (Å²) in [7, 11) is 1.25. The van der Waals surface area contributed by atoms with Crippen LogP contribution >= 0.6 is 0 Å². The highest BCUT2D eigenvalue weighted by Gasteiger charge is 2.47. The van der Waals surface area contributed by atoms with E-state index < -0.39 is 73.9 Å². The highest BCUT2D eigenvalue weighted by atomic mass is 16.7. The molecule has 0 aliphatic carbocycles. The lowest BCUT2D eigenvalue weighted by Gasteiger charge is -2.44. The molecule has 2 rings (SSSR count). The number of nitrogens with one attached hydrogen (secondary N) is 1. The van der Waals surface area contributed by atoms with Crippen molar-refractivity contribution >= 4 is 5.91 Å². The molecule has 10 atom stereocenters. The number of hydrogen-bond donors (Lipinski definition) is 7. The van der Waals surface area contributed by atoms with Crippen LogP contribution in [0, 0.1) is 0 Å². The van der Waals surface area contributed by atoms with E-state index in [2.05, 4.69) is 5.32 Å². The molecule has 2 fully saturated rings. The SMILES string of the molecule is CO[C@H]1O[C@H](CO[C@@H]2O[C@H](CO)[C@H](O)[C@H](O)[C@H]2NC(C)=O)[C@@H](O)[C@H](O)[C@H]1O. The summed E-state index contributed by atoms with van der Waals surface area (Å²) in [6.07, 6.45) is -12.2. The van der Waals surface area contributed by atoms with Crippen molar-refractivity contribution in [2.75, 3.05) is 20.3 Å². The third-order valence-electron chi connectivity index (χ3n) is 4.58. The van der Waals surface area contributed by atoms with Crippen LogP contribution in [0.1, 0.15) is 6.92 Å². The summed E-state index contributed by atoms with van der Waals surface area (Å²) in [5.41, 5.74) is 0. The number of carbonyl (C=O) groups is 1. The van der Waals surface area contributed by atoms with Crippen LogP contribution in [0.15, 0.2) is 0 Å². The van der Waals surface area contributed by atoms with Gasteiger partial charge in [-0.15, -0.1) is 0 Å². The van der Waals surface area contributed by atoms with Gasteiger partial charge in [0.1, 0.15) is 48.8 Å². The van der Waals surface area contributed by atoms with E-state index >= 15 is 0 Å². The second kappa shape index (κ2) is 9.52. The topological polar surface area (TPSA) is 187 Å². The predicted molar refractivity (Wildman–Crippen MR) is 85.0 cm³/mol. The molecule has 12 heteroatoms. The lowest BCUT2D eigenvalue weighted by molar-refractivity contribution is -0.316. The molecule has 0 radical (unpaired) electrons. The number of hydrogen-bond acceptors (Lipinski definition) is 11. The van der Waals surface area contributed by atoms with Gasteiger partial charge in [0.15, 0.2) is 12.6 Å². The second-order valence-electron chi connectivity index (χ2n) is 6.52. The van der Waals surface area contributed by atoms with Crippen LogP contribution in [-0.2, 0) is 23.7 Å². The minimum Gasteiger partial charge on any atom is -0.394 e. The monoisotopic (exact) mass is 397 g/mol. The van der Waals surface area contributed by atoms with Gasteiger partial charge in [-0.25, -0.2) is 0 Å². The zero-order chi connectivity index (χ0) is 20.3. The number of carbonyl (C=O) groups excluding carboxylic acids is 1. The maximum atomic E-state index is 11.4. The Hall–Kier alpha value is -0.930. The van der Waals surface area contributed by atoms with E-state index in [0.717, 1.165) is 0 Å². The molecule has 2 saturated heterocycles. The van der Waals surface area contributed by atoms with Crippen molar-refractivity contribution in [1.82, 2.24) is 5.32 Å². The highest BCUT2D eigenvalue weighted by Crippen LogP contribution is 2.25. The van der Waals surface area contributed by atoms with Gasteiger partial charge in [0.2, 0.25) is 5.91 Å². The van der Waals surface area contributed by atoms with Gasteiger partial charge >= 0.3 is 0 Å². The summed E-state index contributed by atoms with van der Waals surface area (Å²) in [6, 6.07) is -1.16. The third kappa shape index (κ3) is 4.92. The van der Waals surface area contributed by atoms with Crippen LogP contribution in [0.25, 0.3) is 0 Å². The molecule has 0 bridgehead atoms. The first-order chi connectivity index (χ1) is 12.7. The number of aliphatic hydroxyl groups excluding tert-OH is 6. The zero-order valence-electron chi connectivity index (χ0n) is 14.9. The Balaban J connectivity index is 2.07. The van der Waals surface area contributed by atoms with Gasteiger partial charge < -0.3 is 54.9 Å². The maximum absolute atomic E-state index is 11.4. The van der Waals surface area contributed by atoms with Crippen LogP contribution < -0.4 is 5.32 Å². The molecular weight excluding hydrogens is 370 g/mol. The van der Waals surface area contributed by atoms with Crippen LogP contribution in [0.2, 0.25) is 0 Å². The van der Waals surface area contributed by atoms with E-state index in [1.807, 2.05) is 0 Å². The van der Waals surface area contributed by atoms with Crippen molar-refractivity contribution in [1.29, 1.82) is 0 Å². The van der Waals surface area contributed by atoms with Crippen LogP contribution in [0.4, 0.5) is 0 Å². The first-order valence-corrected chi connectivity index (χ1v) is 8.44. The molecule has 0 spiro atoms. The molecule has 0 aromatic rings. The van der Waals surface area contributed by atoms with E-state index in [0.29, 0.717) is 0 Å². The molecule has 2 aliphatic rings. The summed E-state index contributed by atoms with van der Waals surface area (Å²) >= 11 is 0. The quantitative estimate of drug-likeness (QED) is 0.228. The zero-order valence-corrected chi connectivity index (χ0v) is 14.9. The normalized spacial score (nSPS) is 45.5. The summed E-state index contributed by atoms with van der Waals surface area (Å²) < 4.78 is 21.1. The molecule has 0 aromatic carbocycles. The molecule has 1 amide bonds. The Kier molecular flexibility index (Phi) is 7.88. The van der Waals surface area contributed by atoms with Gasteiger partial charge in [0.05, 0.1) is 13.2 Å². The van der Waals surface area contributed by atoms with Gasteiger partial charge in [-0.05, 0) is 0 Å². The second-order valence-corrected chi connectivity index (χ2v) is 6.52. The molecule has 2 heterocycles. The highest BCUT2D eigenvalue weighted by molar-refractivity contribution is 5.73. The van der Waals surface area contributed by atoms with Crippen LogP contribution in [0.3, 0.4) is 0 Å². The summed E-state index contributed by atoms with van der Waals surface area (Å²) in [5, 5.41) is 61.5. The summed E-state index contributed by atoms with van der Waals surface area (Å²) in [5.74, 6) is -0.516. The predicted octanol–water partition coefficient (Wildman–Crippen LogP) is -4.60. The minimum atomic E-state index is -1.55. The molecule has 7 N–H and O–H groups in total. The van der Waals surface area contributed by atoms with Crippen molar-refractivity contribution < 1.29 is 54.4 Å². The molecular formula is C15H27NO11. The van der Waals surface area contributed by atoms with Gasteiger partial charge in [-0.1, -0.05) is 0 Å². The summed E-state index contributed by atoms with van der Waals surface area (Å²) in [6.45, 7) is 0.222. The molecule has 0 saturated carbocycles. The Morgan fingerprint density at radius 2 is 1.52 bits per heavy atom. The smallest absolute Gasteiger partial charge is 0.217 e. The van der Waals surface area contributed by atoms with E-state index in [1.54, 1.807) is 0 Å². The van der Waals surface area contributed by atoms with Gasteiger partial charge in [-0.2, -0.15) is 0 Å². The Morgan fingerprint density at radius 1 is 0.926 bits per heavy atom. The van der Waals surface area contributed by atoms with Crippen LogP contribution in [-0.4, -0.2) is 118 Å². The van der Waals surface area contributed by atoms with Crippen molar-refractivity contribution in [3.8, 4) is 0 Å². The number of aliphatic hydroxyl groups is 6. The van der Waals surface area contributed by atoms with Crippen molar-refractivity contribution in [2.45, 2.75) is 68.3 Å². The van der Waals surface area contributed by atoms with E-state index in [1.165, 1.54) is 14.0 Å². The number of methoxy groups -OCH3 is 1. The molecule has 158 valence electrons. The van der Waals surface area contributed by atoms with Crippen molar-refractivity contribution in [3.05, 3.63) is 0 Å². The Bertz CT molecular complexity index is 492. The minimum absolute atomic E-state index is 0.369. The standard InChI is InChI=1S/C15H27NO11/c1-5(18)16-8-11(21)9(19)6(3-17)26-14(8)25-4-7-10(20)12(22)13(23)15(24-2)27-7/h6-15,17,19-23H,3-4H2,1-2H3,(H,16,18)/t6-,7-,8-,9+,10-,11-,12+,13-,14-,15+/m1/s1. The lowest BCUT2D eigenvalue weighted by Crippen LogP contribution is -2.65. The fourth-order valence-corrected chi connectivity index (χ4v) is 3.05. The molecule has 2 aliphatic heterocycles. The number of ether oxygens (including phenoxy) is 4.